The molecule has 0 aromatic heterocycles. The van der Waals surface area contributed by atoms with E-state index in [1.165, 1.54) is 0 Å². The first-order chi connectivity index (χ1) is 14.0. The number of halogens is 3. The first kappa shape index (κ1) is 26.5. The highest BCUT2D eigenvalue weighted by Gasteiger charge is 2.17. The third-order valence-electron chi connectivity index (χ3n) is 4.53. The third-order valence-corrected chi connectivity index (χ3v) is 4.89. The minimum Gasteiger partial charge on any atom is -0.488 e. The van der Waals surface area contributed by atoms with E-state index in [1.807, 2.05) is 36.4 Å². The van der Waals surface area contributed by atoms with Crippen LogP contribution in [-0.4, -0.2) is 18.7 Å². The summed E-state index contributed by atoms with van der Waals surface area (Å²) in [5.41, 5.74) is 15.0. The Labute approximate surface area is 199 Å². The van der Waals surface area contributed by atoms with Crippen LogP contribution in [0.2, 0.25) is 5.02 Å². The minimum absolute atomic E-state index is 0. The van der Waals surface area contributed by atoms with Gasteiger partial charge in [0.2, 0.25) is 0 Å². The molecule has 3 aromatic rings. The Bertz CT molecular complexity index is 1060. The number of rotatable bonds is 7. The van der Waals surface area contributed by atoms with Gasteiger partial charge in [-0.15, -0.1) is 24.8 Å². The molecule has 31 heavy (non-hydrogen) atoms. The lowest BCUT2D eigenvalue weighted by molar-refractivity contribution is 0.103. The number of benzene rings is 3. The second kappa shape index (κ2) is 12.3. The van der Waals surface area contributed by atoms with Crippen LogP contribution >= 0.6 is 36.4 Å². The molecule has 0 aliphatic rings. The van der Waals surface area contributed by atoms with Crippen molar-refractivity contribution in [1.29, 1.82) is 0 Å². The Kier molecular flexibility index (Phi) is 10.5. The van der Waals surface area contributed by atoms with Crippen molar-refractivity contribution in [3.05, 3.63) is 99.6 Å². The number of carbonyl (C=O) groups is 1. The van der Waals surface area contributed by atoms with E-state index < -0.39 is 0 Å². The summed E-state index contributed by atoms with van der Waals surface area (Å²) in [4.78, 5) is 17.1. The maximum Gasteiger partial charge on any atom is 0.196 e. The van der Waals surface area contributed by atoms with Crippen molar-refractivity contribution < 1.29 is 9.53 Å². The van der Waals surface area contributed by atoms with Crippen molar-refractivity contribution in [3.63, 3.8) is 0 Å². The van der Waals surface area contributed by atoms with Gasteiger partial charge in [0.25, 0.3) is 0 Å². The van der Waals surface area contributed by atoms with Gasteiger partial charge in [0.15, 0.2) is 5.78 Å². The zero-order valence-corrected chi connectivity index (χ0v) is 19.3. The number of amidine groups is 1. The van der Waals surface area contributed by atoms with E-state index in [2.05, 4.69) is 4.99 Å². The van der Waals surface area contributed by atoms with Crippen LogP contribution in [0.3, 0.4) is 0 Å². The molecule has 3 aromatic carbocycles. The summed E-state index contributed by atoms with van der Waals surface area (Å²) in [5, 5.41) is 0.572. The van der Waals surface area contributed by atoms with Gasteiger partial charge in [-0.3, -0.25) is 9.79 Å². The number of nitrogens with two attached hydrogens (primary N) is 2. The van der Waals surface area contributed by atoms with Crippen LogP contribution < -0.4 is 16.2 Å². The summed E-state index contributed by atoms with van der Waals surface area (Å²) < 4.78 is 5.97. The molecule has 5 nitrogen and oxygen atoms in total. The summed E-state index contributed by atoms with van der Waals surface area (Å²) in [7, 11) is 1.60. The van der Waals surface area contributed by atoms with Crippen LogP contribution in [0, 0.1) is 0 Å². The van der Waals surface area contributed by atoms with E-state index in [0.29, 0.717) is 39.8 Å². The van der Waals surface area contributed by atoms with Crippen LogP contribution in [0.4, 0.5) is 0 Å². The maximum absolute atomic E-state index is 13.1. The summed E-state index contributed by atoms with van der Waals surface area (Å²) in [5.74, 6) is 0.639. The SMILES string of the molecule is CN=C(N)c1ccc(OCc2ccc(CN)cc2Cl)c(C(=O)c2ccccc2)c1.Cl.Cl. The molecule has 0 spiro atoms. The minimum atomic E-state index is -0.157. The molecule has 0 saturated heterocycles. The Balaban J connectivity index is 0.00000240. The molecule has 0 aliphatic carbocycles. The fourth-order valence-corrected chi connectivity index (χ4v) is 3.11. The number of hydrogen-bond acceptors (Lipinski definition) is 4. The quantitative estimate of drug-likeness (QED) is 0.289. The molecule has 0 amide bonds. The van der Waals surface area contributed by atoms with Crippen LogP contribution in [0.25, 0.3) is 0 Å². The van der Waals surface area contributed by atoms with Crippen molar-refractivity contribution in [2.75, 3.05) is 7.05 Å². The fraction of sp³-hybridized carbons (Fsp3) is 0.130. The van der Waals surface area contributed by atoms with Crippen LogP contribution in [0.5, 0.6) is 5.75 Å². The van der Waals surface area contributed by atoms with E-state index in [9.17, 15) is 4.79 Å². The zero-order chi connectivity index (χ0) is 20.8. The molecule has 0 heterocycles. The molecule has 8 heteroatoms. The standard InChI is InChI=1S/C23H22ClN3O2.2ClH/c1-27-23(26)17-9-10-21(19(12-17)22(28)16-5-3-2-4-6-16)29-14-18-8-7-15(13-25)11-20(18)24;;/h2-12H,13-14,25H2,1H3,(H2,26,27);2*1H. The van der Waals surface area contributed by atoms with Crippen LogP contribution in [0.15, 0.2) is 71.7 Å². The van der Waals surface area contributed by atoms with E-state index in [-0.39, 0.29) is 37.2 Å². The average Bonchev–Trinajstić information content (AvgIpc) is 2.77. The van der Waals surface area contributed by atoms with Crippen molar-refractivity contribution in [1.82, 2.24) is 0 Å². The van der Waals surface area contributed by atoms with Crippen molar-refractivity contribution in [3.8, 4) is 5.75 Å². The lowest BCUT2D eigenvalue weighted by Gasteiger charge is -2.14. The van der Waals surface area contributed by atoms with Gasteiger partial charge in [-0.1, -0.05) is 54.1 Å². The van der Waals surface area contributed by atoms with Crippen LogP contribution in [-0.2, 0) is 13.2 Å². The van der Waals surface area contributed by atoms with Crippen molar-refractivity contribution >= 4 is 48.0 Å². The van der Waals surface area contributed by atoms with Gasteiger partial charge in [0.05, 0.1) is 5.56 Å². The molecule has 3 rings (SSSR count). The molecule has 0 unspecified atom stereocenters. The van der Waals surface area contributed by atoms with E-state index >= 15 is 0 Å². The van der Waals surface area contributed by atoms with Gasteiger partial charge in [-0.25, -0.2) is 0 Å². The molecule has 0 fully saturated rings. The molecule has 0 atom stereocenters. The van der Waals surface area contributed by atoms with E-state index in [4.69, 9.17) is 27.8 Å². The molecule has 0 radical (unpaired) electrons. The number of ether oxygens (including phenoxy) is 1. The van der Waals surface area contributed by atoms with Gasteiger partial charge in [-0.2, -0.15) is 0 Å². The highest BCUT2D eigenvalue weighted by atomic mass is 35.5. The lowest BCUT2D eigenvalue weighted by Crippen LogP contribution is -2.15. The summed E-state index contributed by atoms with van der Waals surface area (Å²) >= 11 is 6.32. The zero-order valence-electron chi connectivity index (χ0n) is 16.9. The van der Waals surface area contributed by atoms with Gasteiger partial charge < -0.3 is 16.2 Å². The topological polar surface area (TPSA) is 90.7 Å². The van der Waals surface area contributed by atoms with Gasteiger partial charge in [-0.05, 0) is 29.8 Å². The Morgan fingerprint density at radius 1 is 1.00 bits per heavy atom. The van der Waals surface area contributed by atoms with Gasteiger partial charge in [0, 0.05) is 35.3 Å². The molecule has 164 valence electrons. The number of hydrogen-bond donors (Lipinski definition) is 2. The van der Waals surface area contributed by atoms with Crippen molar-refractivity contribution in [2.45, 2.75) is 13.2 Å². The largest absolute Gasteiger partial charge is 0.488 e. The fourth-order valence-electron chi connectivity index (χ4n) is 2.86. The molecular formula is C23H24Cl3N3O2. The average molecular weight is 481 g/mol. The van der Waals surface area contributed by atoms with E-state index in [1.54, 1.807) is 37.4 Å². The number of carbonyl (C=O) groups excluding carboxylic acids is 1. The molecule has 4 N–H and O–H groups in total. The number of nitrogens with zero attached hydrogens (tertiary/aromatic N) is 1. The summed E-state index contributed by atoms with van der Waals surface area (Å²) in [6.07, 6.45) is 0. The summed E-state index contributed by atoms with van der Waals surface area (Å²) in [6.45, 7) is 0.633. The Morgan fingerprint density at radius 3 is 2.32 bits per heavy atom. The Hall–Kier alpha value is -2.57. The maximum atomic E-state index is 13.1. The first-order valence-corrected chi connectivity index (χ1v) is 9.48. The smallest absolute Gasteiger partial charge is 0.196 e. The normalized spacial score (nSPS) is 10.6. The lowest BCUT2D eigenvalue weighted by atomic mass is 10.00. The third kappa shape index (κ3) is 6.45. The molecular weight excluding hydrogens is 457 g/mol. The second-order valence-corrected chi connectivity index (χ2v) is 6.84. The summed E-state index contributed by atoms with van der Waals surface area (Å²) in [6, 6.07) is 19.8. The monoisotopic (exact) mass is 479 g/mol. The highest BCUT2D eigenvalue weighted by molar-refractivity contribution is 6.31. The molecule has 0 bridgehead atoms. The van der Waals surface area contributed by atoms with E-state index in [0.717, 1.165) is 11.1 Å². The Morgan fingerprint density at radius 2 is 1.71 bits per heavy atom. The number of aliphatic imine (C=N–C) groups is 1. The molecule has 0 saturated carbocycles. The van der Waals surface area contributed by atoms with Crippen molar-refractivity contribution in [2.24, 2.45) is 16.5 Å². The first-order valence-electron chi connectivity index (χ1n) is 9.10. The predicted molar refractivity (Wildman–Crippen MR) is 131 cm³/mol. The highest BCUT2D eigenvalue weighted by Crippen LogP contribution is 2.26. The molecule has 0 aliphatic heterocycles. The number of ketones is 1. The predicted octanol–water partition coefficient (Wildman–Crippen LogP) is 4.79. The van der Waals surface area contributed by atoms with Crippen LogP contribution in [0.1, 0.15) is 32.6 Å². The second-order valence-electron chi connectivity index (χ2n) is 6.43. The van der Waals surface area contributed by atoms with Gasteiger partial charge in [0.1, 0.15) is 18.2 Å². The van der Waals surface area contributed by atoms with Gasteiger partial charge >= 0.3 is 0 Å².